The Bertz CT molecular complexity index is 1030. The van der Waals surface area contributed by atoms with Gasteiger partial charge in [0.1, 0.15) is 12.6 Å². The van der Waals surface area contributed by atoms with Crippen molar-refractivity contribution in [2.24, 2.45) is 0 Å². The van der Waals surface area contributed by atoms with Gasteiger partial charge in [-0.15, -0.1) is 0 Å². The van der Waals surface area contributed by atoms with E-state index in [1.807, 2.05) is 53.8 Å². The van der Waals surface area contributed by atoms with Crippen molar-refractivity contribution in [2.75, 3.05) is 6.61 Å². The molecular formula is C25H27F3N2O5. The largest absolute Gasteiger partial charge is 0.481 e. The van der Waals surface area contributed by atoms with Gasteiger partial charge in [0.2, 0.25) is 5.91 Å². The summed E-state index contributed by atoms with van der Waals surface area (Å²) >= 11 is 0. The molecule has 10 heteroatoms. The summed E-state index contributed by atoms with van der Waals surface area (Å²) in [5.74, 6) is -2.37. The molecule has 0 bridgehead atoms. The number of hydrogen-bond acceptors (Lipinski definition) is 4. The highest BCUT2D eigenvalue weighted by Crippen LogP contribution is 2.44. The molecule has 0 aliphatic heterocycles. The fourth-order valence-corrected chi connectivity index (χ4v) is 4.11. The van der Waals surface area contributed by atoms with Crippen LogP contribution in [0.25, 0.3) is 11.1 Å². The highest BCUT2D eigenvalue weighted by molar-refractivity contribution is 5.79. The average molecular weight is 492 g/mol. The molecule has 1 aliphatic rings. The van der Waals surface area contributed by atoms with Crippen LogP contribution in [0.4, 0.5) is 18.0 Å². The number of carbonyl (C=O) groups excluding carboxylic acids is 2. The van der Waals surface area contributed by atoms with Crippen LogP contribution in [0.1, 0.15) is 49.7 Å². The van der Waals surface area contributed by atoms with E-state index in [9.17, 15) is 27.6 Å². The third kappa shape index (κ3) is 6.97. The third-order valence-electron chi connectivity index (χ3n) is 5.89. The van der Waals surface area contributed by atoms with Crippen molar-refractivity contribution in [3.05, 3.63) is 59.7 Å². The Morgan fingerprint density at radius 3 is 2.06 bits per heavy atom. The van der Waals surface area contributed by atoms with Crippen LogP contribution in [-0.4, -0.2) is 47.9 Å². The van der Waals surface area contributed by atoms with Crippen LogP contribution in [0.2, 0.25) is 0 Å². The molecule has 2 aromatic carbocycles. The molecule has 188 valence electrons. The fourth-order valence-electron chi connectivity index (χ4n) is 4.11. The lowest BCUT2D eigenvalue weighted by molar-refractivity contribution is -0.164. The second kappa shape index (κ2) is 11.2. The molecule has 2 atom stereocenters. The SMILES string of the molecule is CC(CCC(=O)N[C@@H](CCC(=O)O)C(F)(F)F)NC(=O)OCC1c2ccccc2-c2ccccc21. The van der Waals surface area contributed by atoms with E-state index in [2.05, 4.69) is 5.32 Å². The average Bonchev–Trinajstić information content (AvgIpc) is 3.12. The number of aliphatic carboxylic acids is 1. The lowest BCUT2D eigenvalue weighted by Crippen LogP contribution is -2.46. The second-order valence-electron chi connectivity index (χ2n) is 8.50. The quantitative estimate of drug-likeness (QED) is 0.450. The summed E-state index contributed by atoms with van der Waals surface area (Å²) in [5, 5.41) is 13.0. The predicted molar refractivity (Wildman–Crippen MR) is 122 cm³/mol. The Morgan fingerprint density at radius 1 is 0.943 bits per heavy atom. The molecule has 0 radical (unpaired) electrons. The van der Waals surface area contributed by atoms with Gasteiger partial charge in [-0.1, -0.05) is 48.5 Å². The molecule has 3 N–H and O–H groups in total. The van der Waals surface area contributed by atoms with Gasteiger partial charge in [0, 0.05) is 24.8 Å². The highest BCUT2D eigenvalue weighted by Gasteiger charge is 2.40. The first-order chi connectivity index (χ1) is 16.6. The van der Waals surface area contributed by atoms with Crippen molar-refractivity contribution < 1.29 is 37.4 Å². The fraction of sp³-hybridized carbons (Fsp3) is 0.400. The molecule has 0 aromatic heterocycles. The van der Waals surface area contributed by atoms with Crippen LogP contribution >= 0.6 is 0 Å². The standard InChI is InChI=1S/C25H27F3N2O5/c1-15(10-12-22(31)30-21(25(26,27)28)11-13-23(32)33)29-24(34)35-14-20-18-8-4-2-6-16(18)17-7-3-5-9-19(17)20/h2-9,15,20-21H,10-14H2,1H3,(H,29,34)(H,30,31)(H,32,33)/t15?,21-/m0/s1. The molecule has 0 saturated carbocycles. The van der Waals surface area contributed by atoms with Gasteiger partial charge in [-0.25, -0.2) is 4.79 Å². The number of carboxylic acid groups (broad SMARTS) is 1. The Kier molecular flexibility index (Phi) is 8.37. The van der Waals surface area contributed by atoms with Crippen LogP contribution in [0.15, 0.2) is 48.5 Å². The van der Waals surface area contributed by atoms with E-state index in [1.54, 1.807) is 6.92 Å². The minimum Gasteiger partial charge on any atom is -0.481 e. The summed E-state index contributed by atoms with van der Waals surface area (Å²) in [4.78, 5) is 34.8. The van der Waals surface area contributed by atoms with E-state index in [0.29, 0.717) is 0 Å². The van der Waals surface area contributed by atoms with Gasteiger partial charge in [-0.05, 0) is 42.0 Å². The van der Waals surface area contributed by atoms with E-state index in [4.69, 9.17) is 9.84 Å². The number of ether oxygens (including phenoxy) is 1. The normalized spacial score (nSPS) is 14.4. The van der Waals surface area contributed by atoms with E-state index >= 15 is 0 Å². The van der Waals surface area contributed by atoms with Gasteiger partial charge < -0.3 is 20.5 Å². The Morgan fingerprint density at radius 2 is 1.51 bits per heavy atom. The van der Waals surface area contributed by atoms with Crippen molar-refractivity contribution in [3.63, 3.8) is 0 Å². The van der Waals surface area contributed by atoms with Crippen molar-refractivity contribution in [1.29, 1.82) is 0 Å². The maximum atomic E-state index is 13.0. The number of hydrogen-bond donors (Lipinski definition) is 3. The van der Waals surface area contributed by atoms with Gasteiger partial charge in [-0.3, -0.25) is 9.59 Å². The molecule has 2 amide bonds. The maximum absolute atomic E-state index is 13.0. The van der Waals surface area contributed by atoms with Crippen molar-refractivity contribution in [2.45, 2.75) is 56.8 Å². The number of alkyl halides is 3. The lowest BCUT2D eigenvalue weighted by Gasteiger charge is -2.21. The molecule has 7 nitrogen and oxygen atoms in total. The monoisotopic (exact) mass is 492 g/mol. The lowest BCUT2D eigenvalue weighted by atomic mass is 9.98. The zero-order valence-electron chi connectivity index (χ0n) is 19.1. The Hall–Kier alpha value is -3.56. The second-order valence-corrected chi connectivity index (χ2v) is 8.50. The number of carbonyl (C=O) groups is 3. The minimum atomic E-state index is -4.75. The van der Waals surface area contributed by atoms with E-state index in [-0.39, 0.29) is 25.4 Å². The van der Waals surface area contributed by atoms with Gasteiger partial charge in [0.25, 0.3) is 0 Å². The van der Waals surface area contributed by atoms with Crippen LogP contribution in [-0.2, 0) is 14.3 Å². The van der Waals surface area contributed by atoms with E-state index < -0.39 is 49.1 Å². The summed E-state index contributed by atoms with van der Waals surface area (Å²) in [6.07, 6.45) is -7.10. The smallest absolute Gasteiger partial charge is 0.408 e. The van der Waals surface area contributed by atoms with Gasteiger partial charge >= 0.3 is 18.2 Å². The number of halogens is 3. The number of alkyl carbamates (subject to hydrolysis) is 1. The highest BCUT2D eigenvalue weighted by atomic mass is 19.4. The van der Waals surface area contributed by atoms with Crippen LogP contribution in [0.5, 0.6) is 0 Å². The van der Waals surface area contributed by atoms with Crippen LogP contribution in [0.3, 0.4) is 0 Å². The zero-order chi connectivity index (χ0) is 25.6. The molecule has 0 saturated heterocycles. The molecule has 2 aromatic rings. The van der Waals surface area contributed by atoms with Crippen molar-refractivity contribution >= 4 is 18.0 Å². The molecule has 0 fully saturated rings. The number of benzene rings is 2. The number of fused-ring (bicyclic) bond motifs is 3. The molecular weight excluding hydrogens is 465 g/mol. The van der Waals surface area contributed by atoms with E-state index in [0.717, 1.165) is 22.3 Å². The molecule has 35 heavy (non-hydrogen) atoms. The first-order valence-electron chi connectivity index (χ1n) is 11.3. The van der Waals surface area contributed by atoms with Gasteiger partial charge in [-0.2, -0.15) is 13.2 Å². The maximum Gasteiger partial charge on any atom is 0.408 e. The molecule has 3 rings (SSSR count). The topological polar surface area (TPSA) is 105 Å². The minimum absolute atomic E-state index is 0.0829. The Labute approximate surface area is 200 Å². The van der Waals surface area contributed by atoms with Gasteiger partial charge in [0.05, 0.1) is 0 Å². The van der Waals surface area contributed by atoms with Crippen molar-refractivity contribution in [1.82, 2.24) is 10.6 Å². The summed E-state index contributed by atoms with van der Waals surface area (Å²) in [6.45, 7) is 1.73. The number of amides is 2. The predicted octanol–water partition coefficient (Wildman–Crippen LogP) is 4.61. The first-order valence-corrected chi connectivity index (χ1v) is 11.3. The molecule has 1 unspecified atom stereocenters. The summed E-state index contributed by atoms with van der Waals surface area (Å²) in [7, 11) is 0. The van der Waals surface area contributed by atoms with Crippen molar-refractivity contribution in [3.8, 4) is 11.1 Å². The summed E-state index contributed by atoms with van der Waals surface area (Å²) < 4.78 is 44.5. The molecule has 0 spiro atoms. The number of nitrogens with one attached hydrogen (secondary N) is 2. The molecule has 1 aliphatic carbocycles. The third-order valence-corrected chi connectivity index (χ3v) is 5.89. The van der Waals surface area contributed by atoms with E-state index in [1.165, 1.54) is 0 Å². The molecule has 0 heterocycles. The summed E-state index contributed by atoms with van der Waals surface area (Å²) in [5.41, 5.74) is 4.32. The Balaban J connectivity index is 1.46. The first kappa shape index (κ1) is 26.1. The van der Waals surface area contributed by atoms with Gasteiger partial charge in [0.15, 0.2) is 0 Å². The number of rotatable bonds is 10. The summed E-state index contributed by atoms with van der Waals surface area (Å²) in [6, 6.07) is 13.0. The van der Waals surface area contributed by atoms with Crippen LogP contribution in [0, 0.1) is 0 Å². The zero-order valence-corrected chi connectivity index (χ0v) is 19.1. The van der Waals surface area contributed by atoms with Crippen LogP contribution < -0.4 is 10.6 Å². The number of carboxylic acids is 1.